The molecule has 3 N–H and O–H groups in total. The highest BCUT2D eigenvalue weighted by molar-refractivity contribution is 7.99. The van der Waals surface area contributed by atoms with E-state index < -0.39 is 0 Å². The maximum atomic E-state index is 11.9. The lowest BCUT2D eigenvalue weighted by Gasteiger charge is -2.09. The molecule has 19 heavy (non-hydrogen) atoms. The summed E-state index contributed by atoms with van der Waals surface area (Å²) in [5.41, 5.74) is 8.73. The van der Waals surface area contributed by atoms with Crippen molar-refractivity contribution in [3.63, 3.8) is 0 Å². The van der Waals surface area contributed by atoms with Gasteiger partial charge in [0.15, 0.2) is 0 Å². The van der Waals surface area contributed by atoms with Crippen LogP contribution in [0, 0.1) is 0 Å². The summed E-state index contributed by atoms with van der Waals surface area (Å²) in [5, 5.41) is 2.82. The first kappa shape index (κ1) is 13.9. The number of nitrogens with two attached hydrogens (primary N) is 1. The van der Waals surface area contributed by atoms with Crippen LogP contribution in [0.15, 0.2) is 34.8 Å². The average Bonchev–Trinajstić information content (AvgIpc) is 2.93. The molecule has 2 rings (SSSR count). The number of hydrogen-bond acceptors (Lipinski definition) is 5. The van der Waals surface area contributed by atoms with Gasteiger partial charge in [-0.2, -0.15) is 0 Å². The average molecular weight is 293 g/mol. The molecule has 100 valence electrons. The Kier molecular flexibility index (Phi) is 4.81. The molecule has 0 saturated heterocycles. The molecule has 1 heterocycles. The molecule has 0 atom stereocenters. The largest absolute Gasteiger partial charge is 0.397 e. The second-order valence-corrected chi connectivity index (χ2v) is 5.97. The monoisotopic (exact) mass is 293 g/mol. The van der Waals surface area contributed by atoms with Crippen LogP contribution >= 0.6 is 23.1 Å². The molecule has 0 unspecified atom stereocenters. The molecule has 0 aliphatic heterocycles. The Morgan fingerprint density at radius 3 is 3.05 bits per heavy atom. The lowest BCUT2D eigenvalue weighted by molar-refractivity contribution is 0.103. The molecule has 2 aromatic rings. The summed E-state index contributed by atoms with van der Waals surface area (Å²) in [6.45, 7) is 2.14. The van der Waals surface area contributed by atoms with Crippen LogP contribution in [-0.4, -0.2) is 16.6 Å². The molecule has 0 saturated carbocycles. The fourth-order valence-corrected chi connectivity index (χ4v) is 2.79. The van der Waals surface area contributed by atoms with Gasteiger partial charge in [0.25, 0.3) is 5.91 Å². The highest BCUT2D eigenvalue weighted by Gasteiger charge is 2.10. The van der Waals surface area contributed by atoms with Crippen molar-refractivity contribution in [2.45, 2.75) is 18.2 Å². The molecule has 1 aromatic carbocycles. The summed E-state index contributed by atoms with van der Waals surface area (Å²) < 4.78 is 0. The van der Waals surface area contributed by atoms with Gasteiger partial charge >= 0.3 is 0 Å². The van der Waals surface area contributed by atoms with E-state index in [1.165, 1.54) is 11.3 Å². The van der Waals surface area contributed by atoms with Crippen LogP contribution in [-0.2, 0) is 0 Å². The first-order valence-electron chi connectivity index (χ1n) is 5.93. The summed E-state index contributed by atoms with van der Waals surface area (Å²) in [7, 11) is 0. The van der Waals surface area contributed by atoms with E-state index in [-0.39, 0.29) is 5.91 Å². The van der Waals surface area contributed by atoms with Crippen molar-refractivity contribution in [3.8, 4) is 0 Å². The van der Waals surface area contributed by atoms with Crippen LogP contribution in [0.2, 0.25) is 0 Å². The van der Waals surface area contributed by atoms with Gasteiger partial charge in [-0.05, 0) is 30.4 Å². The van der Waals surface area contributed by atoms with Gasteiger partial charge in [-0.1, -0.05) is 6.92 Å². The van der Waals surface area contributed by atoms with Crippen LogP contribution < -0.4 is 11.1 Å². The molecule has 0 aliphatic carbocycles. The predicted octanol–water partition coefficient (Wildman–Crippen LogP) is 3.48. The molecule has 1 amide bonds. The lowest BCUT2D eigenvalue weighted by Crippen LogP contribution is -2.11. The number of anilines is 2. The maximum Gasteiger partial charge on any atom is 0.267 e. The molecule has 6 heteroatoms. The predicted molar refractivity (Wildman–Crippen MR) is 81.9 cm³/mol. The van der Waals surface area contributed by atoms with Gasteiger partial charge in [0.05, 0.1) is 23.1 Å². The molecule has 0 bridgehead atoms. The van der Waals surface area contributed by atoms with Crippen molar-refractivity contribution >= 4 is 40.4 Å². The van der Waals surface area contributed by atoms with Crippen LogP contribution in [0.3, 0.4) is 0 Å². The van der Waals surface area contributed by atoms with E-state index in [0.717, 1.165) is 17.1 Å². The normalized spacial score (nSPS) is 10.4. The summed E-state index contributed by atoms with van der Waals surface area (Å²) in [5.74, 6) is 0.874. The summed E-state index contributed by atoms with van der Waals surface area (Å²) in [6, 6.07) is 5.70. The number of nitrogens with zero attached hydrogens (tertiary/aromatic N) is 1. The molecule has 1 aromatic heterocycles. The van der Waals surface area contributed by atoms with Gasteiger partial charge in [-0.15, -0.1) is 23.1 Å². The van der Waals surface area contributed by atoms with Gasteiger partial charge in [0.2, 0.25) is 0 Å². The third kappa shape index (κ3) is 3.71. The number of nitrogen functional groups attached to an aromatic ring is 1. The molecular formula is C13H15N3OS2. The van der Waals surface area contributed by atoms with Crippen LogP contribution in [0.5, 0.6) is 0 Å². The van der Waals surface area contributed by atoms with Gasteiger partial charge < -0.3 is 11.1 Å². The van der Waals surface area contributed by atoms with Gasteiger partial charge in [0.1, 0.15) is 4.88 Å². The number of carbonyl (C=O) groups excluding carboxylic acids is 1. The molecule has 0 fully saturated rings. The van der Waals surface area contributed by atoms with E-state index >= 15 is 0 Å². The zero-order valence-electron chi connectivity index (χ0n) is 10.6. The number of hydrogen-bond donors (Lipinski definition) is 2. The van der Waals surface area contributed by atoms with Crippen molar-refractivity contribution in [3.05, 3.63) is 34.8 Å². The highest BCUT2D eigenvalue weighted by Crippen LogP contribution is 2.27. The van der Waals surface area contributed by atoms with Crippen molar-refractivity contribution < 1.29 is 4.79 Å². The van der Waals surface area contributed by atoms with Crippen molar-refractivity contribution in [2.24, 2.45) is 0 Å². The van der Waals surface area contributed by atoms with Crippen molar-refractivity contribution in [1.29, 1.82) is 0 Å². The number of benzene rings is 1. The number of thiazole rings is 1. The number of rotatable bonds is 5. The molecule has 4 nitrogen and oxygen atoms in total. The lowest BCUT2D eigenvalue weighted by atomic mass is 10.2. The zero-order valence-corrected chi connectivity index (χ0v) is 12.2. The van der Waals surface area contributed by atoms with Gasteiger partial charge in [-0.25, -0.2) is 0 Å². The minimum Gasteiger partial charge on any atom is -0.397 e. The van der Waals surface area contributed by atoms with E-state index in [1.54, 1.807) is 23.5 Å². The minimum atomic E-state index is -0.174. The molecular weight excluding hydrogens is 278 g/mol. The van der Waals surface area contributed by atoms with Crippen LogP contribution in [0.1, 0.15) is 23.0 Å². The quantitative estimate of drug-likeness (QED) is 0.654. The third-order valence-electron chi connectivity index (χ3n) is 2.40. The van der Waals surface area contributed by atoms with E-state index in [1.807, 2.05) is 18.2 Å². The second-order valence-electron chi connectivity index (χ2n) is 3.92. The minimum absolute atomic E-state index is 0.174. The Morgan fingerprint density at radius 1 is 1.53 bits per heavy atom. The Morgan fingerprint density at radius 2 is 2.37 bits per heavy atom. The Hall–Kier alpha value is -1.53. The summed E-state index contributed by atoms with van der Waals surface area (Å²) >= 11 is 3.06. The Bertz CT molecular complexity index is 555. The highest BCUT2D eigenvalue weighted by atomic mass is 32.2. The number of carbonyl (C=O) groups is 1. The zero-order chi connectivity index (χ0) is 13.7. The first-order chi connectivity index (χ1) is 9.20. The first-order valence-corrected chi connectivity index (χ1v) is 7.79. The van der Waals surface area contributed by atoms with Crippen molar-refractivity contribution in [1.82, 2.24) is 4.98 Å². The Labute approximate surface area is 120 Å². The smallest absolute Gasteiger partial charge is 0.267 e. The van der Waals surface area contributed by atoms with E-state index in [0.29, 0.717) is 16.3 Å². The number of nitrogens with one attached hydrogen (secondary N) is 1. The van der Waals surface area contributed by atoms with Gasteiger partial charge in [-0.3, -0.25) is 9.78 Å². The van der Waals surface area contributed by atoms with Crippen LogP contribution in [0.25, 0.3) is 0 Å². The van der Waals surface area contributed by atoms with E-state index in [4.69, 9.17) is 5.73 Å². The molecule has 0 radical (unpaired) electrons. The summed E-state index contributed by atoms with van der Waals surface area (Å²) in [6.07, 6.45) is 2.66. The standard InChI is InChI=1S/C13H15N3OS2/c1-2-5-18-9-3-4-10(14)11(6-9)16-13(17)12-7-15-8-19-12/h3-4,6-8H,2,5,14H2,1H3,(H,16,17). The fourth-order valence-electron chi connectivity index (χ4n) is 1.47. The number of aromatic nitrogens is 1. The SMILES string of the molecule is CCCSc1ccc(N)c(NC(=O)c2cncs2)c1. The third-order valence-corrected chi connectivity index (χ3v) is 4.37. The number of amides is 1. The topological polar surface area (TPSA) is 68.0 Å². The summed E-state index contributed by atoms with van der Waals surface area (Å²) in [4.78, 5) is 17.5. The van der Waals surface area contributed by atoms with E-state index in [2.05, 4.69) is 17.2 Å². The molecule has 0 aliphatic rings. The number of thioether (sulfide) groups is 1. The fraction of sp³-hybridized carbons (Fsp3) is 0.231. The van der Waals surface area contributed by atoms with Crippen LogP contribution in [0.4, 0.5) is 11.4 Å². The maximum absolute atomic E-state index is 11.9. The van der Waals surface area contributed by atoms with Crippen molar-refractivity contribution in [2.75, 3.05) is 16.8 Å². The second kappa shape index (κ2) is 6.58. The Balaban J connectivity index is 2.12. The van der Waals surface area contributed by atoms with E-state index in [9.17, 15) is 4.79 Å². The van der Waals surface area contributed by atoms with Gasteiger partial charge in [0, 0.05) is 4.90 Å². The molecule has 0 spiro atoms.